The van der Waals surface area contributed by atoms with Gasteiger partial charge in [0.15, 0.2) is 12.4 Å². The lowest BCUT2D eigenvalue weighted by molar-refractivity contribution is -0.385. The first-order valence-electron chi connectivity index (χ1n) is 8.77. The van der Waals surface area contributed by atoms with Crippen LogP contribution in [0.2, 0.25) is 0 Å². The molecular formula is C20H19N3O7. The zero-order valence-electron chi connectivity index (χ0n) is 16.3. The van der Waals surface area contributed by atoms with Gasteiger partial charge in [0.05, 0.1) is 4.92 Å². The molecule has 2 aromatic carbocycles. The fraction of sp³-hybridized carbons (Fsp3) is 0.200. The second-order valence-electron chi connectivity index (χ2n) is 6.28. The third-order valence-electron chi connectivity index (χ3n) is 3.99. The lowest BCUT2D eigenvalue weighted by Crippen LogP contribution is -2.32. The molecule has 0 atom stereocenters. The first-order chi connectivity index (χ1) is 14.2. The van der Waals surface area contributed by atoms with Gasteiger partial charge in [0.25, 0.3) is 17.5 Å². The van der Waals surface area contributed by atoms with Gasteiger partial charge in [0, 0.05) is 28.4 Å². The van der Waals surface area contributed by atoms with Crippen LogP contribution in [-0.4, -0.2) is 41.6 Å². The summed E-state index contributed by atoms with van der Waals surface area (Å²) in [6, 6.07) is 10.0. The van der Waals surface area contributed by atoms with Gasteiger partial charge in [0.1, 0.15) is 6.54 Å². The van der Waals surface area contributed by atoms with Crippen molar-refractivity contribution in [3.63, 3.8) is 0 Å². The highest BCUT2D eigenvalue weighted by molar-refractivity contribution is 5.97. The molecule has 2 rings (SSSR count). The fourth-order valence-electron chi connectivity index (χ4n) is 2.44. The summed E-state index contributed by atoms with van der Waals surface area (Å²) < 4.78 is 4.79. The van der Waals surface area contributed by atoms with Crippen LogP contribution in [0.25, 0.3) is 0 Å². The highest BCUT2D eigenvalue weighted by atomic mass is 16.6. The number of nitrogens with zero attached hydrogens (tertiary/aromatic N) is 1. The van der Waals surface area contributed by atoms with Crippen LogP contribution in [0.1, 0.15) is 33.2 Å². The lowest BCUT2D eigenvalue weighted by atomic mass is 10.1. The van der Waals surface area contributed by atoms with Crippen molar-refractivity contribution >= 4 is 34.9 Å². The summed E-state index contributed by atoms with van der Waals surface area (Å²) in [5, 5.41) is 15.6. The molecule has 30 heavy (non-hydrogen) atoms. The van der Waals surface area contributed by atoms with Crippen LogP contribution < -0.4 is 10.6 Å². The van der Waals surface area contributed by atoms with E-state index < -0.39 is 35.9 Å². The highest BCUT2D eigenvalue weighted by Gasteiger charge is 2.15. The summed E-state index contributed by atoms with van der Waals surface area (Å²) in [6.07, 6.45) is 0. The van der Waals surface area contributed by atoms with E-state index in [0.29, 0.717) is 16.8 Å². The molecular weight excluding hydrogens is 394 g/mol. The molecule has 0 spiro atoms. The topological polar surface area (TPSA) is 145 Å². The van der Waals surface area contributed by atoms with Crippen molar-refractivity contribution in [3.8, 4) is 0 Å². The van der Waals surface area contributed by atoms with Gasteiger partial charge < -0.3 is 15.4 Å². The van der Waals surface area contributed by atoms with E-state index in [1.165, 1.54) is 32.0 Å². The first-order valence-corrected chi connectivity index (χ1v) is 8.77. The number of benzene rings is 2. The number of aryl methyl sites for hydroxylation is 1. The van der Waals surface area contributed by atoms with Crippen molar-refractivity contribution < 1.29 is 28.8 Å². The number of nitro groups is 1. The number of hydrogen-bond acceptors (Lipinski definition) is 7. The zero-order chi connectivity index (χ0) is 22.3. The van der Waals surface area contributed by atoms with Gasteiger partial charge in [-0.15, -0.1) is 0 Å². The number of hydrogen-bond donors (Lipinski definition) is 2. The molecule has 0 unspecified atom stereocenters. The highest BCUT2D eigenvalue weighted by Crippen LogP contribution is 2.18. The fourth-order valence-corrected chi connectivity index (χ4v) is 2.44. The zero-order valence-corrected chi connectivity index (χ0v) is 16.3. The molecule has 0 radical (unpaired) electrons. The predicted molar refractivity (Wildman–Crippen MR) is 106 cm³/mol. The quantitative estimate of drug-likeness (QED) is 0.291. The minimum Gasteiger partial charge on any atom is -0.454 e. The van der Waals surface area contributed by atoms with Gasteiger partial charge in [0.2, 0.25) is 0 Å². The molecule has 0 aliphatic heterocycles. The van der Waals surface area contributed by atoms with Gasteiger partial charge in [-0.3, -0.25) is 29.3 Å². The number of anilines is 1. The lowest BCUT2D eigenvalue weighted by Gasteiger charge is -2.08. The number of Topliss-reactive ketones (excluding diaryl/α,β-unsaturated/α-hetero) is 1. The van der Waals surface area contributed by atoms with E-state index in [4.69, 9.17) is 4.74 Å². The van der Waals surface area contributed by atoms with Crippen LogP contribution in [0.3, 0.4) is 0 Å². The number of rotatable bonds is 8. The molecule has 0 aromatic heterocycles. The predicted octanol–water partition coefficient (Wildman–Crippen LogP) is 2.02. The number of carbonyl (C=O) groups is 4. The molecule has 0 aliphatic carbocycles. The Kier molecular flexibility index (Phi) is 7.34. The smallest absolute Gasteiger partial charge is 0.325 e. The molecule has 0 aliphatic rings. The summed E-state index contributed by atoms with van der Waals surface area (Å²) in [6.45, 7) is 1.89. The molecule has 10 nitrogen and oxygen atoms in total. The van der Waals surface area contributed by atoms with Gasteiger partial charge in [-0.2, -0.15) is 0 Å². The van der Waals surface area contributed by atoms with Gasteiger partial charge in [-0.1, -0.05) is 0 Å². The summed E-state index contributed by atoms with van der Waals surface area (Å²) in [4.78, 5) is 57.0. The molecule has 0 fully saturated rings. The van der Waals surface area contributed by atoms with Gasteiger partial charge >= 0.3 is 5.97 Å². The number of esters is 1. The molecule has 156 valence electrons. The molecule has 10 heteroatoms. The van der Waals surface area contributed by atoms with Crippen LogP contribution in [0.4, 0.5) is 11.4 Å². The van der Waals surface area contributed by atoms with E-state index in [9.17, 15) is 29.3 Å². The second-order valence-corrected chi connectivity index (χ2v) is 6.28. The van der Waals surface area contributed by atoms with E-state index in [0.717, 1.165) is 0 Å². The Morgan fingerprint density at radius 3 is 2.23 bits per heavy atom. The average molecular weight is 413 g/mol. The standard InChI is InChI=1S/C20H19N3O7/c1-12-9-15(5-8-17(12)23(28)29)20(27)21-10-19(26)30-11-18(25)22-16-6-3-14(4-7-16)13(2)24/h3-9H,10-11H2,1-2H3,(H,21,27)(H,22,25). The average Bonchev–Trinajstić information content (AvgIpc) is 2.70. The minimum absolute atomic E-state index is 0.104. The Hall–Kier alpha value is -4.08. The van der Waals surface area contributed by atoms with E-state index in [1.54, 1.807) is 24.3 Å². The largest absolute Gasteiger partial charge is 0.454 e. The summed E-state index contributed by atoms with van der Waals surface area (Å²) >= 11 is 0. The van der Waals surface area contributed by atoms with Crippen molar-refractivity contribution in [2.75, 3.05) is 18.5 Å². The Balaban J connectivity index is 1.78. The third kappa shape index (κ3) is 6.23. The maximum Gasteiger partial charge on any atom is 0.325 e. The van der Waals surface area contributed by atoms with E-state index in [1.807, 2.05) is 0 Å². The normalized spacial score (nSPS) is 10.1. The molecule has 2 N–H and O–H groups in total. The second kappa shape index (κ2) is 9.92. The Morgan fingerprint density at radius 1 is 1.03 bits per heavy atom. The minimum atomic E-state index is -0.830. The molecule has 0 saturated carbocycles. The number of carbonyl (C=O) groups excluding carboxylic acids is 4. The van der Waals surface area contributed by atoms with E-state index >= 15 is 0 Å². The van der Waals surface area contributed by atoms with Crippen molar-refractivity contribution in [2.24, 2.45) is 0 Å². The third-order valence-corrected chi connectivity index (χ3v) is 3.99. The molecule has 2 aromatic rings. The van der Waals surface area contributed by atoms with Crippen LogP contribution in [0.15, 0.2) is 42.5 Å². The van der Waals surface area contributed by atoms with Crippen LogP contribution in [0, 0.1) is 17.0 Å². The first kappa shape index (κ1) is 22.2. The Bertz CT molecular complexity index is 1000. The Labute approximate surface area is 171 Å². The number of ketones is 1. The molecule has 0 saturated heterocycles. The molecule has 2 amide bonds. The van der Waals surface area contributed by atoms with Gasteiger partial charge in [-0.05, 0) is 50.2 Å². The van der Waals surface area contributed by atoms with Crippen molar-refractivity contribution in [3.05, 3.63) is 69.3 Å². The van der Waals surface area contributed by atoms with Crippen LogP contribution >= 0.6 is 0 Å². The van der Waals surface area contributed by atoms with Crippen LogP contribution in [-0.2, 0) is 14.3 Å². The summed E-state index contributed by atoms with van der Waals surface area (Å²) in [7, 11) is 0. The summed E-state index contributed by atoms with van der Waals surface area (Å²) in [5.74, 6) is -2.13. The van der Waals surface area contributed by atoms with E-state index in [2.05, 4.69) is 10.6 Å². The maximum atomic E-state index is 12.0. The van der Waals surface area contributed by atoms with Crippen LogP contribution in [0.5, 0.6) is 0 Å². The van der Waals surface area contributed by atoms with E-state index in [-0.39, 0.29) is 17.0 Å². The van der Waals surface area contributed by atoms with Gasteiger partial charge in [-0.25, -0.2) is 0 Å². The maximum absolute atomic E-state index is 12.0. The Morgan fingerprint density at radius 2 is 1.67 bits per heavy atom. The van der Waals surface area contributed by atoms with Crippen molar-refractivity contribution in [1.82, 2.24) is 5.32 Å². The number of amides is 2. The summed E-state index contributed by atoms with van der Waals surface area (Å²) in [5.41, 5.74) is 1.27. The number of ether oxygens (including phenoxy) is 1. The van der Waals surface area contributed by atoms with Crippen molar-refractivity contribution in [1.29, 1.82) is 0 Å². The monoisotopic (exact) mass is 413 g/mol. The number of nitrogens with one attached hydrogen (secondary N) is 2. The SMILES string of the molecule is CC(=O)c1ccc(NC(=O)COC(=O)CNC(=O)c2ccc([N+](=O)[O-])c(C)c2)cc1. The number of nitro benzene ring substituents is 1. The molecule has 0 bridgehead atoms. The molecule has 0 heterocycles. The van der Waals surface area contributed by atoms with Crippen molar-refractivity contribution in [2.45, 2.75) is 13.8 Å².